The minimum Gasteiger partial charge on any atom is -0.335 e. The first-order valence-electron chi connectivity index (χ1n) is 7.04. The molecule has 0 aliphatic heterocycles. The molecule has 6 nitrogen and oxygen atoms in total. The number of benzene rings is 1. The van der Waals surface area contributed by atoms with E-state index in [1.165, 1.54) is 0 Å². The molecule has 0 bridgehead atoms. The normalized spacial score (nSPS) is 11.0. The molecule has 2 heterocycles. The average molecular weight is 318 g/mol. The number of halogens is 1. The molecule has 0 atom stereocenters. The molecule has 3 rings (SSSR count). The monoisotopic (exact) mass is 317 g/mol. The van der Waals surface area contributed by atoms with Crippen molar-refractivity contribution in [3.05, 3.63) is 41.6 Å². The molecular formula is C15H16ClN5O. The molecule has 0 fully saturated rings. The van der Waals surface area contributed by atoms with Crippen LogP contribution in [0.2, 0.25) is 5.02 Å². The van der Waals surface area contributed by atoms with Crippen LogP contribution in [0.3, 0.4) is 0 Å². The minimum absolute atomic E-state index is 0.0532. The van der Waals surface area contributed by atoms with E-state index in [2.05, 4.69) is 20.5 Å². The molecule has 1 amide bonds. The van der Waals surface area contributed by atoms with Crippen LogP contribution in [0, 0.1) is 6.92 Å². The van der Waals surface area contributed by atoms with Gasteiger partial charge in [-0.2, -0.15) is 5.10 Å². The molecule has 0 aliphatic rings. The van der Waals surface area contributed by atoms with Crippen LogP contribution in [0.5, 0.6) is 0 Å². The Balaban J connectivity index is 1.59. The number of anilines is 1. The fourth-order valence-electron chi connectivity index (χ4n) is 2.34. The highest BCUT2D eigenvalue weighted by molar-refractivity contribution is 6.38. The minimum atomic E-state index is -0.0532. The van der Waals surface area contributed by atoms with E-state index < -0.39 is 0 Å². The first-order chi connectivity index (χ1) is 10.6. The van der Waals surface area contributed by atoms with Crippen molar-refractivity contribution in [2.45, 2.75) is 26.3 Å². The molecule has 0 saturated carbocycles. The Bertz CT molecular complexity index is 807. The number of carbonyl (C=O) groups is 1. The zero-order chi connectivity index (χ0) is 15.5. The van der Waals surface area contributed by atoms with Crippen molar-refractivity contribution in [3.63, 3.8) is 0 Å². The molecule has 1 aromatic carbocycles. The first-order valence-corrected chi connectivity index (χ1v) is 7.42. The van der Waals surface area contributed by atoms with Crippen molar-refractivity contribution in [1.29, 1.82) is 0 Å². The predicted molar refractivity (Wildman–Crippen MR) is 85.9 cm³/mol. The lowest BCUT2D eigenvalue weighted by Crippen LogP contribution is -2.13. The van der Waals surface area contributed by atoms with Gasteiger partial charge in [-0.15, -0.1) is 0 Å². The number of fused-ring (bicyclic) bond motifs is 1. The van der Waals surface area contributed by atoms with Gasteiger partial charge in [-0.1, -0.05) is 11.6 Å². The fraction of sp³-hybridized carbons (Fsp3) is 0.267. The van der Waals surface area contributed by atoms with Gasteiger partial charge in [-0.3, -0.25) is 9.89 Å². The Labute approximate surface area is 132 Å². The first kappa shape index (κ1) is 14.6. The van der Waals surface area contributed by atoms with E-state index in [0.29, 0.717) is 17.1 Å². The van der Waals surface area contributed by atoms with Crippen LogP contribution in [0.15, 0.2) is 30.7 Å². The third-order valence-electron chi connectivity index (χ3n) is 3.56. The summed E-state index contributed by atoms with van der Waals surface area (Å²) in [7, 11) is 0. The molecule has 3 aromatic rings. The molecule has 7 heteroatoms. The number of nitrogens with one attached hydrogen (secondary N) is 2. The standard InChI is InChI=1S/C15H16ClN5O/c1-10-17-6-8-21(10)7-2-3-14(22)19-13-5-4-12-11(15(13)16)9-18-20-12/h4-6,8-9H,2-3,7H2,1H3,(H,18,20)(H,19,22). The summed E-state index contributed by atoms with van der Waals surface area (Å²) in [5.41, 5.74) is 1.46. The van der Waals surface area contributed by atoms with Gasteiger partial charge in [0.25, 0.3) is 0 Å². The van der Waals surface area contributed by atoms with Crippen molar-refractivity contribution in [1.82, 2.24) is 19.7 Å². The molecule has 2 aromatic heterocycles. The average Bonchev–Trinajstić information content (AvgIpc) is 3.12. The second-order valence-corrected chi connectivity index (χ2v) is 5.46. The highest BCUT2D eigenvalue weighted by Gasteiger charge is 2.10. The van der Waals surface area contributed by atoms with E-state index in [4.69, 9.17) is 11.6 Å². The maximum Gasteiger partial charge on any atom is 0.224 e. The molecule has 0 radical (unpaired) electrons. The summed E-state index contributed by atoms with van der Waals surface area (Å²) in [6.07, 6.45) is 6.49. The van der Waals surface area contributed by atoms with Crippen molar-refractivity contribution in [2.24, 2.45) is 0 Å². The van der Waals surface area contributed by atoms with Gasteiger partial charge in [0.1, 0.15) is 5.82 Å². The van der Waals surface area contributed by atoms with E-state index in [9.17, 15) is 4.79 Å². The highest BCUT2D eigenvalue weighted by atomic mass is 35.5. The van der Waals surface area contributed by atoms with Crippen LogP contribution >= 0.6 is 11.6 Å². The molecule has 0 spiro atoms. The lowest BCUT2D eigenvalue weighted by molar-refractivity contribution is -0.116. The quantitative estimate of drug-likeness (QED) is 0.759. The fourth-order valence-corrected chi connectivity index (χ4v) is 2.60. The highest BCUT2D eigenvalue weighted by Crippen LogP contribution is 2.29. The Morgan fingerprint density at radius 2 is 2.32 bits per heavy atom. The van der Waals surface area contributed by atoms with Crippen molar-refractivity contribution < 1.29 is 4.79 Å². The smallest absolute Gasteiger partial charge is 0.224 e. The van der Waals surface area contributed by atoms with Gasteiger partial charge in [0.05, 0.1) is 22.4 Å². The van der Waals surface area contributed by atoms with Gasteiger partial charge < -0.3 is 9.88 Å². The zero-order valence-electron chi connectivity index (χ0n) is 12.1. The van der Waals surface area contributed by atoms with E-state index in [-0.39, 0.29) is 5.91 Å². The summed E-state index contributed by atoms with van der Waals surface area (Å²) in [6, 6.07) is 3.62. The third kappa shape index (κ3) is 2.96. The molecule has 0 saturated heterocycles. The number of aromatic nitrogens is 4. The molecule has 2 N–H and O–H groups in total. The number of carbonyl (C=O) groups excluding carboxylic acids is 1. The number of aromatic amines is 1. The summed E-state index contributed by atoms with van der Waals surface area (Å²) >= 11 is 6.28. The van der Waals surface area contributed by atoms with Crippen LogP contribution in [-0.2, 0) is 11.3 Å². The Morgan fingerprint density at radius 1 is 1.45 bits per heavy atom. The summed E-state index contributed by atoms with van der Waals surface area (Å²) < 4.78 is 2.03. The number of amides is 1. The molecule has 0 aliphatic carbocycles. The maximum atomic E-state index is 12.0. The topological polar surface area (TPSA) is 75.6 Å². The van der Waals surface area contributed by atoms with Crippen molar-refractivity contribution in [2.75, 3.05) is 5.32 Å². The van der Waals surface area contributed by atoms with Gasteiger partial charge in [0, 0.05) is 30.7 Å². The summed E-state index contributed by atoms with van der Waals surface area (Å²) in [4.78, 5) is 16.2. The summed E-state index contributed by atoms with van der Waals surface area (Å²) in [5, 5.41) is 10.9. The van der Waals surface area contributed by atoms with Crippen LogP contribution in [0.4, 0.5) is 5.69 Å². The number of aryl methyl sites for hydroxylation is 2. The van der Waals surface area contributed by atoms with E-state index in [1.54, 1.807) is 18.5 Å². The molecular weight excluding hydrogens is 302 g/mol. The summed E-state index contributed by atoms with van der Waals surface area (Å²) in [5.74, 6) is 0.899. The number of nitrogens with zero attached hydrogens (tertiary/aromatic N) is 3. The van der Waals surface area contributed by atoms with Crippen LogP contribution in [-0.4, -0.2) is 25.7 Å². The second kappa shape index (κ2) is 6.19. The van der Waals surface area contributed by atoms with E-state index in [1.807, 2.05) is 23.8 Å². The number of rotatable bonds is 5. The van der Waals surface area contributed by atoms with E-state index >= 15 is 0 Å². The van der Waals surface area contributed by atoms with Crippen molar-refractivity contribution >= 4 is 34.1 Å². The second-order valence-electron chi connectivity index (χ2n) is 5.08. The van der Waals surface area contributed by atoms with Gasteiger partial charge in [0.2, 0.25) is 5.91 Å². The lowest BCUT2D eigenvalue weighted by Gasteiger charge is -2.08. The van der Waals surface area contributed by atoms with Crippen molar-refractivity contribution in [3.8, 4) is 0 Å². The number of imidazole rings is 1. The van der Waals surface area contributed by atoms with Crippen LogP contribution in [0.1, 0.15) is 18.7 Å². The summed E-state index contributed by atoms with van der Waals surface area (Å²) in [6.45, 7) is 2.72. The van der Waals surface area contributed by atoms with Gasteiger partial charge in [-0.05, 0) is 25.5 Å². The largest absolute Gasteiger partial charge is 0.335 e. The number of hydrogen-bond donors (Lipinski definition) is 2. The van der Waals surface area contributed by atoms with Gasteiger partial charge in [-0.25, -0.2) is 4.98 Å². The lowest BCUT2D eigenvalue weighted by atomic mass is 10.2. The Hall–Kier alpha value is -2.34. The SMILES string of the molecule is Cc1nccn1CCCC(=O)Nc1ccc2[nH]ncc2c1Cl. The number of H-pyrrole nitrogens is 1. The van der Waals surface area contributed by atoms with Gasteiger partial charge >= 0.3 is 0 Å². The Morgan fingerprint density at radius 3 is 3.09 bits per heavy atom. The maximum absolute atomic E-state index is 12.0. The van der Waals surface area contributed by atoms with Gasteiger partial charge in [0.15, 0.2) is 0 Å². The number of hydrogen-bond acceptors (Lipinski definition) is 3. The van der Waals surface area contributed by atoms with Crippen LogP contribution in [0.25, 0.3) is 10.9 Å². The van der Waals surface area contributed by atoms with Crippen LogP contribution < -0.4 is 5.32 Å². The third-order valence-corrected chi connectivity index (χ3v) is 3.97. The molecule has 114 valence electrons. The predicted octanol–water partition coefficient (Wildman–Crippen LogP) is 3.14. The molecule has 0 unspecified atom stereocenters. The zero-order valence-corrected chi connectivity index (χ0v) is 12.9. The Kier molecular flexibility index (Phi) is 4.11. The van der Waals surface area contributed by atoms with E-state index in [0.717, 1.165) is 29.7 Å². The molecule has 22 heavy (non-hydrogen) atoms.